The van der Waals surface area contributed by atoms with E-state index in [-0.39, 0.29) is 16.8 Å². The molecule has 0 heterocycles. The second kappa shape index (κ2) is 7.60. The van der Waals surface area contributed by atoms with Crippen molar-refractivity contribution < 1.29 is 13.9 Å². The van der Waals surface area contributed by atoms with Gasteiger partial charge in [0.1, 0.15) is 5.69 Å². The first-order valence-electron chi connectivity index (χ1n) is 5.43. The van der Waals surface area contributed by atoms with E-state index in [1.54, 1.807) is 6.92 Å². The first-order valence-corrected chi connectivity index (χ1v) is 7.03. The summed E-state index contributed by atoms with van der Waals surface area (Å²) in [5.74, 6) is -0.623. The molecule has 1 rings (SSSR count). The quantitative estimate of drug-likeness (QED) is 0.329. The Labute approximate surface area is 125 Å². The zero-order valence-electron chi connectivity index (χ0n) is 10.3. The second-order valence-electron chi connectivity index (χ2n) is 3.63. The summed E-state index contributed by atoms with van der Waals surface area (Å²) in [7, 11) is 0. The van der Waals surface area contributed by atoms with E-state index in [1.165, 1.54) is 6.07 Å². The van der Waals surface area contributed by atoms with Gasteiger partial charge < -0.3 is 4.74 Å². The van der Waals surface area contributed by atoms with Crippen molar-refractivity contribution in [1.82, 2.24) is 0 Å². The maximum Gasteiger partial charge on any atom is 0.372 e. The summed E-state index contributed by atoms with van der Waals surface area (Å²) < 4.78 is 18.5. The number of benzene rings is 1. The molecule has 0 aliphatic carbocycles. The van der Waals surface area contributed by atoms with Crippen molar-refractivity contribution in [1.29, 1.82) is 0 Å². The lowest BCUT2D eigenvalue weighted by Crippen LogP contribution is -2.09. The van der Waals surface area contributed by atoms with Gasteiger partial charge in [0.05, 0.1) is 16.3 Å². The van der Waals surface area contributed by atoms with Crippen LogP contribution in [0.4, 0.5) is 14.9 Å². The molecular weight excluding hydrogens is 309 g/mol. The van der Waals surface area contributed by atoms with Crippen LogP contribution >= 0.6 is 35.6 Å². The molecule has 1 aromatic rings. The zero-order valence-corrected chi connectivity index (χ0v) is 12.7. The molecule has 7 heteroatoms. The Morgan fingerprint density at radius 3 is 2.95 bits per heavy atom. The topological polar surface area (TPSA) is 38.7 Å². The van der Waals surface area contributed by atoms with Crippen LogP contribution in [0.3, 0.4) is 0 Å². The third-order valence-corrected chi connectivity index (χ3v) is 3.57. The number of thioether (sulfide) groups is 1. The minimum atomic E-state index is -0.623. The lowest BCUT2D eigenvalue weighted by molar-refractivity contribution is 0.131. The summed E-state index contributed by atoms with van der Waals surface area (Å²) in [5, 5.41) is 1.68. The molecule has 0 radical (unpaired) electrons. The summed E-state index contributed by atoms with van der Waals surface area (Å²) in [5.41, 5.74) is -0.0155. The summed E-state index contributed by atoms with van der Waals surface area (Å²) >= 11 is 11.1. The van der Waals surface area contributed by atoms with Gasteiger partial charge in [-0.25, -0.2) is 9.18 Å². The SMILES string of the molecule is CCC(C)OC(=O)Sc1cc(N=C=S)c(F)cc1Cl. The fourth-order valence-corrected chi connectivity index (χ4v) is 2.18. The Hall–Kier alpha value is -0.940. The highest BCUT2D eigenvalue weighted by molar-refractivity contribution is 8.13. The van der Waals surface area contributed by atoms with Gasteiger partial charge in [-0.3, -0.25) is 0 Å². The minimum absolute atomic E-state index is 0.0155. The van der Waals surface area contributed by atoms with Crippen LogP contribution in [0.25, 0.3) is 0 Å². The van der Waals surface area contributed by atoms with E-state index >= 15 is 0 Å². The van der Waals surface area contributed by atoms with Crippen molar-refractivity contribution in [3.05, 3.63) is 23.0 Å². The van der Waals surface area contributed by atoms with E-state index in [9.17, 15) is 9.18 Å². The van der Waals surface area contributed by atoms with Gasteiger partial charge in [0, 0.05) is 4.90 Å². The van der Waals surface area contributed by atoms with Gasteiger partial charge in [0.2, 0.25) is 0 Å². The average molecular weight is 320 g/mol. The van der Waals surface area contributed by atoms with Crippen LogP contribution in [0.5, 0.6) is 0 Å². The molecule has 0 aliphatic rings. The highest BCUT2D eigenvalue weighted by Gasteiger charge is 2.15. The van der Waals surface area contributed by atoms with Crippen molar-refractivity contribution in [2.75, 3.05) is 0 Å². The molecule has 1 unspecified atom stereocenters. The zero-order chi connectivity index (χ0) is 14.4. The van der Waals surface area contributed by atoms with Crippen LogP contribution in [-0.2, 0) is 4.74 Å². The standard InChI is InChI=1S/C12H11ClFNO2S2/c1-3-7(2)17-12(16)19-11-5-10(15-6-18)9(14)4-8(11)13/h4-5,7H,3H2,1-2H3. The van der Waals surface area contributed by atoms with Crippen molar-refractivity contribution in [3.63, 3.8) is 0 Å². The van der Waals surface area contributed by atoms with Crippen molar-refractivity contribution in [2.24, 2.45) is 4.99 Å². The van der Waals surface area contributed by atoms with Crippen LogP contribution in [-0.4, -0.2) is 16.6 Å². The largest absolute Gasteiger partial charge is 0.454 e. The van der Waals surface area contributed by atoms with Gasteiger partial charge in [0.15, 0.2) is 5.82 Å². The van der Waals surface area contributed by atoms with E-state index in [0.29, 0.717) is 11.3 Å². The highest BCUT2D eigenvalue weighted by Crippen LogP contribution is 2.34. The number of halogens is 2. The lowest BCUT2D eigenvalue weighted by Gasteiger charge is -2.10. The molecule has 0 amide bonds. The molecule has 0 saturated heterocycles. The van der Waals surface area contributed by atoms with E-state index in [0.717, 1.165) is 17.8 Å². The van der Waals surface area contributed by atoms with Gasteiger partial charge in [-0.05, 0) is 49.5 Å². The Morgan fingerprint density at radius 2 is 2.37 bits per heavy atom. The summed E-state index contributed by atoms with van der Waals surface area (Å²) in [6.07, 6.45) is 0.530. The van der Waals surface area contributed by atoms with Crippen LogP contribution in [0, 0.1) is 5.82 Å². The molecule has 0 bridgehead atoms. The molecule has 1 aromatic carbocycles. The molecule has 3 nitrogen and oxygen atoms in total. The predicted octanol–water partition coefficient (Wildman–Crippen LogP) is 5.24. The number of carbonyl (C=O) groups excluding carboxylic acids is 1. The number of rotatable bonds is 4. The first-order chi connectivity index (χ1) is 8.97. The second-order valence-corrected chi connectivity index (χ2v) is 5.19. The van der Waals surface area contributed by atoms with Gasteiger partial charge in [-0.1, -0.05) is 18.5 Å². The van der Waals surface area contributed by atoms with E-state index in [4.69, 9.17) is 16.3 Å². The maximum absolute atomic E-state index is 13.4. The minimum Gasteiger partial charge on any atom is -0.454 e. The van der Waals surface area contributed by atoms with Crippen LogP contribution in [0.2, 0.25) is 5.02 Å². The number of carbonyl (C=O) groups is 1. The molecule has 0 saturated carbocycles. The molecule has 0 aliphatic heterocycles. The monoisotopic (exact) mass is 319 g/mol. The van der Waals surface area contributed by atoms with Crippen molar-refractivity contribution in [2.45, 2.75) is 31.3 Å². The molecule has 0 spiro atoms. The molecule has 19 heavy (non-hydrogen) atoms. The molecule has 0 N–H and O–H groups in total. The molecular formula is C12H11ClFNO2S2. The Balaban J connectivity index is 2.91. The van der Waals surface area contributed by atoms with Gasteiger partial charge in [0.25, 0.3) is 0 Å². The fourth-order valence-electron chi connectivity index (χ4n) is 1.09. The molecule has 1 atom stereocenters. The number of hydrogen-bond donors (Lipinski definition) is 0. The normalized spacial score (nSPS) is 11.6. The predicted molar refractivity (Wildman–Crippen MR) is 78.2 cm³/mol. The average Bonchev–Trinajstić information content (AvgIpc) is 2.35. The number of thiocarbonyl (C=S) groups is 1. The number of nitrogens with zero attached hydrogens (tertiary/aromatic N) is 1. The Morgan fingerprint density at radius 1 is 1.68 bits per heavy atom. The molecule has 102 valence electrons. The first kappa shape index (κ1) is 16.1. The number of aliphatic imine (C=N–C) groups is 1. The van der Waals surface area contributed by atoms with Gasteiger partial charge in [-0.15, -0.1) is 0 Å². The van der Waals surface area contributed by atoms with Crippen molar-refractivity contribution in [3.8, 4) is 0 Å². The van der Waals surface area contributed by atoms with Gasteiger partial charge >= 0.3 is 5.30 Å². The fraction of sp³-hybridized carbons (Fsp3) is 0.333. The van der Waals surface area contributed by atoms with Gasteiger partial charge in [-0.2, -0.15) is 4.99 Å². The number of ether oxygens (including phenoxy) is 1. The van der Waals surface area contributed by atoms with Crippen molar-refractivity contribution >= 4 is 51.7 Å². The third-order valence-electron chi connectivity index (χ3n) is 2.23. The molecule has 0 aromatic heterocycles. The molecule has 0 fully saturated rings. The van der Waals surface area contributed by atoms with Crippen LogP contribution in [0.15, 0.2) is 22.0 Å². The summed E-state index contributed by atoms with van der Waals surface area (Å²) in [6, 6.07) is 2.41. The summed E-state index contributed by atoms with van der Waals surface area (Å²) in [6.45, 7) is 3.69. The number of hydrogen-bond acceptors (Lipinski definition) is 5. The lowest BCUT2D eigenvalue weighted by atomic mass is 10.3. The van der Waals surface area contributed by atoms with E-state index in [1.807, 2.05) is 6.92 Å². The van der Waals surface area contributed by atoms with E-state index < -0.39 is 11.1 Å². The van der Waals surface area contributed by atoms with Crippen LogP contribution < -0.4 is 0 Å². The number of isothiocyanates is 1. The Bertz CT molecular complexity index is 533. The van der Waals surface area contributed by atoms with E-state index in [2.05, 4.69) is 22.4 Å². The highest BCUT2D eigenvalue weighted by atomic mass is 35.5. The Kier molecular flexibility index (Phi) is 6.45. The smallest absolute Gasteiger partial charge is 0.372 e. The third kappa shape index (κ3) is 4.91. The maximum atomic E-state index is 13.4. The van der Waals surface area contributed by atoms with Crippen LogP contribution in [0.1, 0.15) is 20.3 Å². The summed E-state index contributed by atoms with van der Waals surface area (Å²) in [4.78, 5) is 15.5.